The molecule has 0 saturated carbocycles. The smallest absolute Gasteiger partial charge is 0.319 e. The number of rotatable bonds is 4. The Morgan fingerprint density at radius 1 is 1.42 bits per heavy atom. The third-order valence-electron chi connectivity index (χ3n) is 4.35. The molecule has 0 aromatic carbocycles. The summed E-state index contributed by atoms with van der Waals surface area (Å²) in [7, 11) is 1.86. The zero-order chi connectivity index (χ0) is 17.1. The number of aromatic nitrogens is 3. The second kappa shape index (κ2) is 7.14. The second-order valence-electron chi connectivity index (χ2n) is 6.14. The fourth-order valence-corrected chi connectivity index (χ4v) is 2.94. The molecule has 0 spiro atoms. The van der Waals surface area contributed by atoms with E-state index in [2.05, 4.69) is 32.5 Å². The molecule has 1 unspecified atom stereocenters. The summed E-state index contributed by atoms with van der Waals surface area (Å²) >= 11 is 0. The molecule has 24 heavy (non-hydrogen) atoms. The number of aryl methyl sites for hydroxylation is 2. The number of urea groups is 1. The number of fused-ring (bicyclic) bond motifs is 1. The predicted octanol–water partition coefficient (Wildman–Crippen LogP) is 1.12. The van der Waals surface area contributed by atoms with E-state index in [1.54, 1.807) is 10.9 Å². The number of pyridine rings is 1. The molecule has 2 N–H and O–H groups in total. The molecule has 1 aliphatic rings. The Kier molecular flexibility index (Phi) is 4.96. The van der Waals surface area contributed by atoms with Crippen molar-refractivity contribution >= 4 is 22.8 Å². The number of ether oxygens (including phenoxy) is 1. The lowest BCUT2D eigenvalue weighted by atomic mass is 10.2. The first-order chi connectivity index (χ1) is 11.5. The number of anilines is 1. The number of nitrogens with one attached hydrogen (secondary N) is 2. The van der Waals surface area contributed by atoms with E-state index >= 15 is 0 Å². The number of nitrogens with zero attached hydrogens (tertiary/aromatic N) is 4. The van der Waals surface area contributed by atoms with Gasteiger partial charge in [-0.3, -0.25) is 9.58 Å². The van der Waals surface area contributed by atoms with Crippen LogP contribution in [0.4, 0.5) is 10.5 Å². The van der Waals surface area contributed by atoms with E-state index in [0.717, 1.165) is 43.0 Å². The van der Waals surface area contributed by atoms with Crippen molar-refractivity contribution in [3.8, 4) is 0 Å². The van der Waals surface area contributed by atoms with Crippen molar-refractivity contribution in [2.45, 2.75) is 19.9 Å². The van der Waals surface area contributed by atoms with E-state index in [-0.39, 0.29) is 12.1 Å². The quantitative estimate of drug-likeness (QED) is 0.876. The lowest BCUT2D eigenvalue weighted by Crippen LogP contribution is -2.47. The summed E-state index contributed by atoms with van der Waals surface area (Å²) in [6.07, 6.45) is 1.65. The highest BCUT2D eigenvalue weighted by Crippen LogP contribution is 2.19. The lowest BCUT2D eigenvalue weighted by Gasteiger charge is -2.32. The Morgan fingerprint density at radius 3 is 2.92 bits per heavy atom. The van der Waals surface area contributed by atoms with E-state index in [4.69, 9.17) is 4.74 Å². The van der Waals surface area contributed by atoms with Gasteiger partial charge in [-0.15, -0.1) is 0 Å². The Balaban J connectivity index is 1.55. The maximum Gasteiger partial charge on any atom is 0.319 e. The minimum atomic E-state index is -0.224. The number of carbonyl (C=O) groups is 1. The maximum absolute atomic E-state index is 12.1. The third-order valence-corrected chi connectivity index (χ3v) is 4.35. The van der Waals surface area contributed by atoms with Crippen LogP contribution in [0.3, 0.4) is 0 Å². The molecule has 2 aromatic rings. The number of hydrogen-bond donors (Lipinski definition) is 2. The molecule has 2 aromatic heterocycles. The zero-order valence-electron chi connectivity index (χ0n) is 14.4. The van der Waals surface area contributed by atoms with Gasteiger partial charge < -0.3 is 15.4 Å². The van der Waals surface area contributed by atoms with Crippen LogP contribution in [0.5, 0.6) is 0 Å². The minimum absolute atomic E-state index is 0.224. The van der Waals surface area contributed by atoms with Crippen LogP contribution in [0.2, 0.25) is 0 Å². The van der Waals surface area contributed by atoms with Gasteiger partial charge in [0.1, 0.15) is 0 Å². The van der Waals surface area contributed by atoms with Crippen LogP contribution in [0.25, 0.3) is 11.0 Å². The first kappa shape index (κ1) is 16.7. The standard InChI is InChI=1S/C16H24N6O2/c1-11(22-4-6-24-7-5-22)9-18-16(23)19-13-8-14-12(2)20-21(3)15(14)17-10-13/h8,10-11H,4-7,9H2,1-3H3,(H2,18,19,23). The van der Waals surface area contributed by atoms with E-state index in [0.29, 0.717) is 12.2 Å². The number of morpholine rings is 1. The van der Waals surface area contributed by atoms with Crippen molar-refractivity contribution in [3.05, 3.63) is 18.0 Å². The molecule has 0 bridgehead atoms. The lowest BCUT2D eigenvalue weighted by molar-refractivity contribution is 0.0209. The molecule has 1 saturated heterocycles. The van der Waals surface area contributed by atoms with Gasteiger partial charge in [-0.2, -0.15) is 5.10 Å². The minimum Gasteiger partial charge on any atom is -0.379 e. The average Bonchev–Trinajstić information content (AvgIpc) is 2.87. The van der Waals surface area contributed by atoms with E-state index in [1.165, 1.54) is 0 Å². The number of hydrogen-bond acceptors (Lipinski definition) is 5. The summed E-state index contributed by atoms with van der Waals surface area (Å²) in [6.45, 7) is 7.96. The normalized spacial score (nSPS) is 17.0. The molecule has 2 amide bonds. The van der Waals surface area contributed by atoms with Crippen molar-refractivity contribution in [1.29, 1.82) is 0 Å². The molecular weight excluding hydrogens is 308 g/mol. The Bertz CT molecular complexity index is 723. The van der Waals surface area contributed by atoms with Gasteiger partial charge in [-0.05, 0) is 19.9 Å². The van der Waals surface area contributed by atoms with E-state index < -0.39 is 0 Å². The van der Waals surface area contributed by atoms with Crippen LogP contribution in [-0.4, -0.2) is 64.6 Å². The first-order valence-electron chi connectivity index (χ1n) is 8.20. The molecule has 1 aliphatic heterocycles. The predicted molar refractivity (Wildman–Crippen MR) is 92.1 cm³/mol. The monoisotopic (exact) mass is 332 g/mol. The van der Waals surface area contributed by atoms with E-state index in [9.17, 15) is 4.79 Å². The van der Waals surface area contributed by atoms with E-state index in [1.807, 2.05) is 20.0 Å². The average molecular weight is 332 g/mol. The van der Waals surface area contributed by atoms with Crippen molar-refractivity contribution in [2.75, 3.05) is 38.2 Å². The van der Waals surface area contributed by atoms with Crippen LogP contribution in [0, 0.1) is 6.92 Å². The van der Waals surface area contributed by atoms with Crippen molar-refractivity contribution in [1.82, 2.24) is 25.0 Å². The second-order valence-corrected chi connectivity index (χ2v) is 6.14. The van der Waals surface area contributed by atoms with Crippen molar-refractivity contribution < 1.29 is 9.53 Å². The fraction of sp³-hybridized carbons (Fsp3) is 0.562. The van der Waals surface area contributed by atoms with Gasteiger partial charge in [0.2, 0.25) is 0 Å². The van der Waals surface area contributed by atoms with Crippen molar-refractivity contribution in [3.63, 3.8) is 0 Å². The van der Waals surface area contributed by atoms with Gasteiger partial charge in [0.15, 0.2) is 5.65 Å². The summed E-state index contributed by atoms with van der Waals surface area (Å²) in [5.41, 5.74) is 2.36. The molecule has 8 heteroatoms. The van der Waals surface area contributed by atoms with Crippen LogP contribution in [0.1, 0.15) is 12.6 Å². The highest BCUT2D eigenvalue weighted by atomic mass is 16.5. The molecule has 1 fully saturated rings. The Labute approximate surface area is 141 Å². The van der Waals surface area contributed by atoms with Gasteiger partial charge in [0.05, 0.1) is 30.8 Å². The third kappa shape index (κ3) is 3.65. The summed E-state index contributed by atoms with van der Waals surface area (Å²) in [5.74, 6) is 0. The van der Waals surface area contributed by atoms with Crippen LogP contribution >= 0.6 is 0 Å². The largest absolute Gasteiger partial charge is 0.379 e. The molecule has 3 heterocycles. The van der Waals surface area contributed by atoms with Gasteiger partial charge in [0.25, 0.3) is 0 Å². The van der Waals surface area contributed by atoms with Gasteiger partial charge in [-0.25, -0.2) is 9.78 Å². The summed E-state index contributed by atoms with van der Waals surface area (Å²) in [5, 5.41) is 11.0. The summed E-state index contributed by atoms with van der Waals surface area (Å²) in [6, 6.07) is 1.95. The van der Waals surface area contributed by atoms with Gasteiger partial charge in [0, 0.05) is 38.1 Å². The highest BCUT2D eigenvalue weighted by molar-refractivity contribution is 5.92. The van der Waals surface area contributed by atoms with Gasteiger partial charge in [-0.1, -0.05) is 0 Å². The molecular formula is C16H24N6O2. The Morgan fingerprint density at radius 2 is 2.17 bits per heavy atom. The fourth-order valence-electron chi connectivity index (χ4n) is 2.94. The van der Waals surface area contributed by atoms with Crippen LogP contribution in [0.15, 0.2) is 12.3 Å². The summed E-state index contributed by atoms with van der Waals surface area (Å²) < 4.78 is 7.08. The Hall–Kier alpha value is -2.19. The summed E-state index contributed by atoms with van der Waals surface area (Å²) in [4.78, 5) is 18.8. The molecule has 1 atom stereocenters. The molecule has 0 radical (unpaired) electrons. The molecule has 8 nitrogen and oxygen atoms in total. The number of carbonyl (C=O) groups excluding carboxylic acids is 1. The highest BCUT2D eigenvalue weighted by Gasteiger charge is 2.17. The molecule has 0 aliphatic carbocycles. The topological polar surface area (TPSA) is 84.3 Å². The first-order valence-corrected chi connectivity index (χ1v) is 8.20. The number of amides is 2. The maximum atomic E-state index is 12.1. The zero-order valence-corrected chi connectivity index (χ0v) is 14.4. The van der Waals surface area contributed by atoms with Crippen molar-refractivity contribution in [2.24, 2.45) is 7.05 Å². The SMILES string of the molecule is Cc1nn(C)c2ncc(NC(=O)NCC(C)N3CCOCC3)cc12. The molecule has 130 valence electrons. The molecule has 3 rings (SSSR count). The van der Waals surface area contributed by atoms with Crippen LogP contribution in [-0.2, 0) is 11.8 Å². The van der Waals surface area contributed by atoms with Crippen LogP contribution < -0.4 is 10.6 Å². The van der Waals surface area contributed by atoms with Gasteiger partial charge >= 0.3 is 6.03 Å².